The number of anilines is 1. The molecule has 1 aromatic carbocycles. The molecule has 1 saturated carbocycles. The summed E-state index contributed by atoms with van der Waals surface area (Å²) in [5, 5.41) is 2.73. The maximum atomic E-state index is 12.9. The van der Waals surface area contributed by atoms with Gasteiger partial charge in [0.15, 0.2) is 0 Å². The lowest BCUT2D eigenvalue weighted by Crippen LogP contribution is -2.34. The van der Waals surface area contributed by atoms with E-state index in [0.29, 0.717) is 30.9 Å². The summed E-state index contributed by atoms with van der Waals surface area (Å²) in [6, 6.07) is 5.36. The molecule has 23 heavy (non-hydrogen) atoms. The molecule has 0 radical (unpaired) electrons. The van der Waals surface area contributed by atoms with Gasteiger partial charge >= 0.3 is 6.18 Å². The van der Waals surface area contributed by atoms with Crippen LogP contribution in [0.2, 0.25) is 0 Å². The molecular formula is C17H22F3NO2. The molecule has 128 valence electrons. The summed E-state index contributed by atoms with van der Waals surface area (Å²) < 4.78 is 44.1. The summed E-state index contributed by atoms with van der Waals surface area (Å²) in [6.45, 7) is 4.19. The first kappa shape index (κ1) is 17.6. The Bertz CT molecular complexity index is 557. The van der Waals surface area contributed by atoms with Crippen LogP contribution in [0.4, 0.5) is 18.9 Å². The molecule has 6 heteroatoms. The van der Waals surface area contributed by atoms with Crippen LogP contribution in [0.3, 0.4) is 0 Å². The summed E-state index contributed by atoms with van der Waals surface area (Å²) in [4.78, 5) is 12.3. The molecule has 0 heterocycles. The molecule has 1 fully saturated rings. The highest BCUT2D eigenvalue weighted by Gasteiger charge is 2.43. The van der Waals surface area contributed by atoms with Crippen molar-refractivity contribution in [3.05, 3.63) is 23.8 Å². The van der Waals surface area contributed by atoms with Crippen molar-refractivity contribution in [2.45, 2.75) is 45.7 Å². The second kappa shape index (κ2) is 7.23. The van der Waals surface area contributed by atoms with Gasteiger partial charge in [-0.2, -0.15) is 13.2 Å². The summed E-state index contributed by atoms with van der Waals surface area (Å²) in [5.74, 6) is -1.80. The third kappa shape index (κ3) is 4.62. The van der Waals surface area contributed by atoms with E-state index in [-0.39, 0.29) is 18.7 Å². The van der Waals surface area contributed by atoms with Gasteiger partial charge in [0.2, 0.25) is 5.91 Å². The average Bonchev–Trinajstić information content (AvgIpc) is 2.49. The van der Waals surface area contributed by atoms with E-state index in [1.807, 2.05) is 19.9 Å². The van der Waals surface area contributed by atoms with E-state index in [1.165, 1.54) is 0 Å². The fraction of sp³-hybridized carbons (Fsp3) is 0.588. The summed E-state index contributed by atoms with van der Waals surface area (Å²) in [6.07, 6.45) is -3.32. The van der Waals surface area contributed by atoms with Gasteiger partial charge in [-0.05, 0) is 50.8 Å². The van der Waals surface area contributed by atoms with Crippen LogP contribution in [0.1, 0.15) is 38.2 Å². The van der Waals surface area contributed by atoms with Gasteiger partial charge in [0, 0.05) is 5.92 Å². The van der Waals surface area contributed by atoms with Gasteiger partial charge in [0.25, 0.3) is 0 Å². The molecule has 2 unspecified atom stereocenters. The third-order valence-electron chi connectivity index (χ3n) is 4.20. The predicted octanol–water partition coefficient (Wildman–Crippen LogP) is 4.70. The Labute approximate surface area is 134 Å². The minimum atomic E-state index is -4.22. The van der Waals surface area contributed by atoms with Crippen molar-refractivity contribution >= 4 is 11.6 Å². The van der Waals surface area contributed by atoms with E-state index in [9.17, 15) is 18.0 Å². The first-order valence-electron chi connectivity index (χ1n) is 7.92. The lowest BCUT2D eigenvalue weighted by Gasteiger charge is -2.29. The van der Waals surface area contributed by atoms with Crippen molar-refractivity contribution in [1.29, 1.82) is 0 Å². The Morgan fingerprint density at radius 1 is 1.35 bits per heavy atom. The number of nitrogens with one attached hydrogen (secondary N) is 1. The average molecular weight is 329 g/mol. The van der Waals surface area contributed by atoms with E-state index >= 15 is 0 Å². The molecular weight excluding hydrogens is 307 g/mol. The highest BCUT2D eigenvalue weighted by molar-refractivity contribution is 5.94. The van der Waals surface area contributed by atoms with Crippen molar-refractivity contribution in [2.24, 2.45) is 11.8 Å². The lowest BCUT2D eigenvalue weighted by molar-refractivity contribution is -0.185. The molecule has 0 aliphatic heterocycles. The van der Waals surface area contributed by atoms with Gasteiger partial charge in [-0.25, -0.2) is 0 Å². The zero-order valence-corrected chi connectivity index (χ0v) is 13.4. The second-order valence-electron chi connectivity index (χ2n) is 6.02. The molecule has 2 rings (SSSR count). The van der Waals surface area contributed by atoms with Crippen molar-refractivity contribution in [3.63, 3.8) is 0 Å². The molecule has 0 spiro atoms. The SMILES string of the molecule is CCOc1cc(C)ccc1NC(=O)C1CCCC(C(F)(F)F)C1. The van der Waals surface area contributed by atoms with Crippen LogP contribution in [0.5, 0.6) is 5.75 Å². The van der Waals surface area contributed by atoms with Gasteiger partial charge in [0.1, 0.15) is 5.75 Å². The Morgan fingerprint density at radius 3 is 2.74 bits per heavy atom. The van der Waals surface area contributed by atoms with Crippen LogP contribution in [-0.2, 0) is 4.79 Å². The first-order valence-corrected chi connectivity index (χ1v) is 7.92. The summed E-state index contributed by atoms with van der Waals surface area (Å²) in [7, 11) is 0. The standard InChI is InChI=1S/C17H22F3NO2/c1-3-23-15-9-11(2)7-8-14(15)21-16(22)12-5-4-6-13(10-12)17(18,19)20/h7-9,12-13H,3-6,10H2,1-2H3,(H,21,22). The van der Waals surface area contributed by atoms with E-state index in [1.54, 1.807) is 12.1 Å². The van der Waals surface area contributed by atoms with E-state index in [2.05, 4.69) is 5.32 Å². The molecule has 0 aromatic heterocycles. The Kier molecular flexibility index (Phi) is 5.55. The minimum Gasteiger partial charge on any atom is -0.492 e. The van der Waals surface area contributed by atoms with Gasteiger partial charge in [0.05, 0.1) is 18.2 Å². The maximum absolute atomic E-state index is 12.9. The number of rotatable bonds is 4. The number of aryl methyl sites for hydroxylation is 1. The van der Waals surface area contributed by atoms with E-state index < -0.39 is 18.0 Å². The lowest BCUT2D eigenvalue weighted by atomic mass is 9.80. The Hall–Kier alpha value is -1.72. The van der Waals surface area contributed by atoms with Crippen molar-refractivity contribution in [3.8, 4) is 5.75 Å². The van der Waals surface area contributed by atoms with Crippen LogP contribution in [-0.4, -0.2) is 18.7 Å². The van der Waals surface area contributed by atoms with Crippen LogP contribution in [0.25, 0.3) is 0 Å². The maximum Gasteiger partial charge on any atom is 0.391 e. The number of hydrogen-bond donors (Lipinski definition) is 1. The molecule has 3 nitrogen and oxygen atoms in total. The molecule has 2 atom stereocenters. The quantitative estimate of drug-likeness (QED) is 0.869. The molecule has 1 aliphatic carbocycles. The van der Waals surface area contributed by atoms with E-state index in [0.717, 1.165) is 5.56 Å². The highest BCUT2D eigenvalue weighted by Crippen LogP contribution is 2.40. The molecule has 0 bridgehead atoms. The van der Waals surface area contributed by atoms with Gasteiger partial charge in [-0.1, -0.05) is 12.5 Å². The number of carbonyl (C=O) groups excluding carboxylic acids is 1. The first-order chi connectivity index (χ1) is 10.8. The van der Waals surface area contributed by atoms with Crippen molar-refractivity contribution in [1.82, 2.24) is 0 Å². The summed E-state index contributed by atoms with van der Waals surface area (Å²) >= 11 is 0. The van der Waals surface area contributed by atoms with Crippen molar-refractivity contribution < 1.29 is 22.7 Å². The number of halogens is 3. The highest BCUT2D eigenvalue weighted by atomic mass is 19.4. The third-order valence-corrected chi connectivity index (χ3v) is 4.20. The number of amides is 1. The van der Waals surface area contributed by atoms with Gasteiger partial charge < -0.3 is 10.1 Å². The molecule has 1 aromatic rings. The van der Waals surface area contributed by atoms with E-state index in [4.69, 9.17) is 4.74 Å². The number of alkyl halides is 3. The van der Waals surface area contributed by atoms with Crippen LogP contribution in [0, 0.1) is 18.8 Å². The predicted molar refractivity (Wildman–Crippen MR) is 82.5 cm³/mol. The second-order valence-corrected chi connectivity index (χ2v) is 6.02. The molecule has 1 amide bonds. The van der Waals surface area contributed by atoms with Gasteiger partial charge in [-0.15, -0.1) is 0 Å². The van der Waals surface area contributed by atoms with Crippen LogP contribution in [0.15, 0.2) is 18.2 Å². The Balaban J connectivity index is 2.07. The smallest absolute Gasteiger partial charge is 0.391 e. The van der Waals surface area contributed by atoms with Crippen LogP contribution >= 0.6 is 0 Å². The molecule has 1 N–H and O–H groups in total. The number of ether oxygens (including phenoxy) is 1. The number of benzene rings is 1. The number of carbonyl (C=O) groups is 1. The van der Waals surface area contributed by atoms with Crippen molar-refractivity contribution in [2.75, 3.05) is 11.9 Å². The normalized spacial score (nSPS) is 21.8. The zero-order valence-electron chi connectivity index (χ0n) is 13.4. The fourth-order valence-corrected chi connectivity index (χ4v) is 2.97. The molecule has 1 aliphatic rings. The minimum absolute atomic E-state index is 0.113. The van der Waals surface area contributed by atoms with Crippen LogP contribution < -0.4 is 10.1 Å². The topological polar surface area (TPSA) is 38.3 Å². The van der Waals surface area contributed by atoms with Gasteiger partial charge in [-0.3, -0.25) is 4.79 Å². The largest absolute Gasteiger partial charge is 0.492 e. The zero-order chi connectivity index (χ0) is 17.0. The fourth-order valence-electron chi connectivity index (χ4n) is 2.97. The number of hydrogen-bond acceptors (Lipinski definition) is 2. The Morgan fingerprint density at radius 2 is 2.09 bits per heavy atom. The molecule has 0 saturated heterocycles. The summed E-state index contributed by atoms with van der Waals surface area (Å²) in [5.41, 5.74) is 1.50. The monoisotopic (exact) mass is 329 g/mol.